The van der Waals surface area contributed by atoms with Crippen molar-refractivity contribution in [3.63, 3.8) is 0 Å². The third-order valence-electron chi connectivity index (χ3n) is 5.82. The third-order valence-corrected chi connectivity index (χ3v) is 5.82. The van der Waals surface area contributed by atoms with Gasteiger partial charge in [-0.1, -0.05) is 30.3 Å². The minimum atomic E-state index is -0.343. The van der Waals surface area contributed by atoms with E-state index in [0.717, 1.165) is 16.9 Å². The maximum atomic E-state index is 12.9. The van der Waals surface area contributed by atoms with Crippen molar-refractivity contribution in [3.8, 4) is 23.3 Å². The number of nitriles is 1. The van der Waals surface area contributed by atoms with Gasteiger partial charge in [-0.2, -0.15) is 5.26 Å². The molecule has 7 nitrogen and oxygen atoms in total. The van der Waals surface area contributed by atoms with Crippen LogP contribution in [-0.4, -0.2) is 54.0 Å². The van der Waals surface area contributed by atoms with Gasteiger partial charge in [-0.05, 0) is 36.8 Å². The standard InChI is InChI=1S/C25H26N4O3/c1-18-22(27-25(32-18)20-6-4-3-5-7-20)16-24(30)29-14-12-28(13-15-29)23(17-26)19-8-10-21(31-2)11-9-19/h3-11,23H,12-16H2,1-2H3. The van der Waals surface area contributed by atoms with Crippen LogP contribution in [-0.2, 0) is 11.2 Å². The number of carbonyl (C=O) groups excluding carboxylic acids is 1. The Morgan fingerprint density at radius 1 is 1.12 bits per heavy atom. The average Bonchev–Trinajstić information content (AvgIpc) is 3.21. The van der Waals surface area contributed by atoms with E-state index in [1.165, 1.54) is 0 Å². The van der Waals surface area contributed by atoms with E-state index < -0.39 is 0 Å². The topological polar surface area (TPSA) is 82.6 Å². The second-order valence-corrected chi connectivity index (χ2v) is 7.79. The van der Waals surface area contributed by atoms with Gasteiger partial charge in [-0.15, -0.1) is 0 Å². The van der Waals surface area contributed by atoms with Gasteiger partial charge in [-0.25, -0.2) is 4.98 Å². The Hall–Kier alpha value is -3.63. The van der Waals surface area contributed by atoms with Crippen LogP contribution in [0.1, 0.15) is 23.1 Å². The summed E-state index contributed by atoms with van der Waals surface area (Å²) in [6.07, 6.45) is 0.211. The molecule has 1 amide bonds. The van der Waals surface area contributed by atoms with Gasteiger partial charge in [0.25, 0.3) is 0 Å². The molecule has 2 heterocycles. The first-order valence-corrected chi connectivity index (χ1v) is 10.7. The van der Waals surface area contributed by atoms with E-state index in [2.05, 4.69) is 16.0 Å². The average molecular weight is 431 g/mol. The number of carbonyl (C=O) groups is 1. The van der Waals surface area contributed by atoms with E-state index in [0.29, 0.717) is 43.5 Å². The van der Waals surface area contributed by atoms with Crippen LogP contribution in [0.2, 0.25) is 0 Å². The van der Waals surface area contributed by atoms with Crippen molar-refractivity contribution in [2.75, 3.05) is 33.3 Å². The van der Waals surface area contributed by atoms with Crippen LogP contribution >= 0.6 is 0 Å². The number of oxazole rings is 1. The molecular formula is C25H26N4O3. The van der Waals surface area contributed by atoms with E-state index in [1.807, 2.05) is 66.4 Å². The van der Waals surface area contributed by atoms with Gasteiger partial charge in [0.15, 0.2) is 0 Å². The molecule has 164 valence electrons. The van der Waals surface area contributed by atoms with Gasteiger partial charge >= 0.3 is 0 Å². The highest BCUT2D eigenvalue weighted by atomic mass is 16.5. The molecule has 7 heteroatoms. The first kappa shape index (κ1) is 21.6. The minimum Gasteiger partial charge on any atom is -0.497 e. The van der Waals surface area contributed by atoms with Gasteiger partial charge < -0.3 is 14.1 Å². The number of amides is 1. The lowest BCUT2D eigenvalue weighted by Gasteiger charge is -2.37. The number of benzene rings is 2. The SMILES string of the molecule is COc1ccc(C(C#N)N2CCN(C(=O)Cc3nc(-c4ccccc4)oc3C)CC2)cc1. The minimum absolute atomic E-state index is 0.0265. The summed E-state index contributed by atoms with van der Waals surface area (Å²) in [5, 5.41) is 9.73. The zero-order chi connectivity index (χ0) is 22.5. The molecule has 0 aliphatic carbocycles. The molecule has 3 aromatic rings. The summed E-state index contributed by atoms with van der Waals surface area (Å²) >= 11 is 0. The van der Waals surface area contributed by atoms with Crippen molar-refractivity contribution in [1.29, 1.82) is 5.26 Å². The molecule has 0 bridgehead atoms. The Kier molecular flexibility index (Phi) is 6.52. The van der Waals surface area contributed by atoms with Crippen molar-refractivity contribution in [1.82, 2.24) is 14.8 Å². The maximum absolute atomic E-state index is 12.9. The molecule has 0 spiro atoms. The molecular weight excluding hydrogens is 404 g/mol. The van der Waals surface area contributed by atoms with E-state index in [9.17, 15) is 10.1 Å². The van der Waals surface area contributed by atoms with Crippen LogP contribution in [0.4, 0.5) is 0 Å². The van der Waals surface area contributed by atoms with E-state index in [4.69, 9.17) is 9.15 Å². The Morgan fingerprint density at radius 2 is 1.81 bits per heavy atom. The number of piperazine rings is 1. The van der Waals surface area contributed by atoms with Gasteiger partial charge in [-0.3, -0.25) is 9.69 Å². The van der Waals surface area contributed by atoms with Crippen LogP contribution in [0.15, 0.2) is 59.0 Å². The van der Waals surface area contributed by atoms with Crippen LogP contribution in [0.25, 0.3) is 11.5 Å². The van der Waals surface area contributed by atoms with Crippen molar-refractivity contribution < 1.29 is 13.9 Å². The molecule has 0 radical (unpaired) electrons. The van der Waals surface area contributed by atoms with Gasteiger partial charge in [0.1, 0.15) is 17.6 Å². The van der Waals surface area contributed by atoms with Crippen LogP contribution < -0.4 is 4.74 Å². The highest BCUT2D eigenvalue weighted by Gasteiger charge is 2.28. The zero-order valence-electron chi connectivity index (χ0n) is 18.3. The molecule has 1 aliphatic rings. The quantitative estimate of drug-likeness (QED) is 0.594. The maximum Gasteiger partial charge on any atom is 0.228 e. The summed E-state index contributed by atoms with van der Waals surface area (Å²) in [5.74, 6) is 1.99. The lowest BCUT2D eigenvalue weighted by molar-refractivity contribution is -0.132. The van der Waals surface area contributed by atoms with Gasteiger partial charge in [0.05, 0.1) is 25.3 Å². The fourth-order valence-electron chi connectivity index (χ4n) is 3.93. The Balaban J connectivity index is 1.36. The summed E-state index contributed by atoms with van der Waals surface area (Å²) in [6, 6.07) is 19.3. The van der Waals surface area contributed by atoms with E-state index in [1.54, 1.807) is 7.11 Å². The smallest absolute Gasteiger partial charge is 0.228 e. The van der Waals surface area contributed by atoms with Crippen LogP contribution in [0, 0.1) is 18.3 Å². The van der Waals surface area contributed by atoms with Crippen LogP contribution in [0.3, 0.4) is 0 Å². The molecule has 1 fully saturated rings. The van der Waals surface area contributed by atoms with Crippen molar-refractivity contribution in [2.45, 2.75) is 19.4 Å². The summed E-state index contributed by atoms with van der Waals surface area (Å²) in [4.78, 5) is 21.4. The van der Waals surface area contributed by atoms with Crippen molar-refractivity contribution in [3.05, 3.63) is 71.6 Å². The summed E-state index contributed by atoms with van der Waals surface area (Å²) in [6.45, 7) is 4.28. The molecule has 32 heavy (non-hydrogen) atoms. The normalized spacial score (nSPS) is 15.2. The number of nitrogens with zero attached hydrogens (tertiary/aromatic N) is 4. The number of rotatable bonds is 6. The third kappa shape index (κ3) is 4.66. The Morgan fingerprint density at radius 3 is 2.44 bits per heavy atom. The number of aromatic nitrogens is 1. The van der Waals surface area contributed by atoms with Crippen LogP contribution in [0.5, 0.6) is 5.75 Å². The second kappa shape index (κ2) is 9.67. The predicted octanol–water partition coefficient (Wildman–Crippen LogP) is 3.61. The molecule has 0 saturated carbocycles. The zero-order valence-corrected chi connectivity index (χ0v) is 18.3. The fraction of sp³-hybridized carbons (Fsp3) is 0.320. The predicted molar refractivity (Wildman–Crippen MR) is 120 cm³/mol. The highest BCUT2D eigenvalue weighted by molar-refractivity contribution is 5.78. The first-order chi connectivity index (χ1) is 15.6. The van der Waals surface area contributed by atoms with E-state index in [-0.39, 0.29) is 18.4 Å². The van der Waals surface area contributed by atoms with E-state index >= 15 is 0 Å². The largest absolute Gasteiger partial charge is 0.497 e. The summed E-state index contributed by atoms with van der Waals surface area (Å²) < 4.78 is 11.0. The molecule has 1 aliphatic heterocycles. The number of hydrogen-bond acceptors (Lipinski definition) is 6. The molecule has 1 unspecified atom stereocenters. The number of ether oxygens (including phenoxy) is 1. The Bertz CT molecular complexity index is 1090. The van der Waals surface area contributed by atoms with Gasteiger partial charge in [0, 0.05) is 31.7 Å². The Labute approximate surface area is 187 Å². The number of methoxy groups -OCH3 is 1. The first-order valence-electron chi connectivity index (χ1n) is 10.7. The molecule has 2 aromatic carbocycles. The van der Waals surface area contributed by atoms with Crippen molar-refractivity contribution in [2.24, 2.45) is 0 Å². The molecule has 1 atom stereocenters. The molecule has 4 rings (SSSR count). The summed E-state index contributed by atoms with van der Waals surface area (Å²) in [5.41, 5.74) is 2.49. The lowest BCUT2D eigenvalue weighted by Crippen LogP contribution is -2.50. The highest BCUT2D eigenvalue weighted by Crippen LogP contribution is 2.25. The number of hydrogen-bond donors (Lipinski definition) is 0. The fourth-order valence-corrected chi connectivity index (χ4v) is 3.93. The van der Waals surface area contributed by atoms with Gasteiger partial charge in [0.2, 0.25) is 11.8 Å². The molecule has 0 N–H and O–H groups in total. The monoisotopic (exact) mass is 430 g/mol. The second-order valence-electron chi connectivity index (χ2n) is 7.79. The summed E-state index contributed by atoms with van der Waals surface area (Å²) in [7, 11) is 1.62. The lowest BCUT2D eigenvalue weighted by atomic mass is 10.1. The molecule has 1 saturated heterocycles. The van der Waals surface area contributed by atoms with Crippen molar-refractivity contribution >= 4 is 5.91 Å². The molecule has 1 aromatic heterocycles. The number of aryl methyl sites for hydroxylation is 1.